The number of aliphatic imine (C=N–C) groups is 1. The lowest BCUT2D eigenvalue weighted by atomic mass is 10.2. The van der Waals surface area contributed by atoms with Gasteiger partial charge in [-0.25, -0.2) is 4.98 Å². The molecule has 14 nitrogen and oxygen atoms in total. The van der Waals surface area contributed by atoms with E-state index in [0.29, 0.717) is 25.8 Å². The highest BCUT2D eigenvalue weighted by molar-refractivity contribution is 7.98. The zero-order valence-corrected chi connectivity index (χ0v) is 18.7. The van der Waals surface area contributed by atoms with E-state index >= 15 is 0 Å². The minimum atomic E-state index is -1.00. The fourth-order valence-corrected chi connectivity index (χ4v) is 2.22. The van der Waals surface area contributed by atoms with E-state index in [-0.39, 0.29) is 12.4 Å². The molecule has 3 unspecified atom stereocenters. The van der Waals surface area contributed by atoms with Crippen molar-refractivity contribution in [1.82, 2.24) is 9.97 Å². The van der Waals surface area contributed by atoms with Crippen molar-refractivity contribution in [3.05, 3.63) is 18.2 Å². The topological polar surface area (TPSA) is 283 Å². The quantitative estimate of drug-likeness (QED) is 0.0890. The van der Waals surface area contributed by atoms with Crippen LogP contribution < -0.4 is 28.7 Å². The smallest absolute Gasteiger partial charge is 0.320 e. The summed E-state index contributed by atoms with van der Waals surface area (Å²) in [4.78, 5) is 40.7. The predicted molar refractivity (Wildman–Crippen MR) is 122 cm³/mol. The molecule has 1 aromatic heterocycles. The van der Waals surface area contributed by atoms with Gasteiger partial charge in [0.2, 0.25) is 0 Å². The average Bonchev–Trinajstić information content (AvgIpc) is 3.22. The Morgan fingerprint density at radius 3 is 1.97 bits per heavy atom. The number of nitrogens with zero attached hydrogens (tertiary/aromatic N) is 2. The molecule has 0 aliphatic rings. The van der Waals surface area contributed by atoms with E-state index < -0.39 is 36.0 Å². The number of carboxylic acid groups (broad SMARTS) is 3. The van der Waals surface area contributed by atoms with Crippen LogP contribution >= 0.6 is 11.8 Å². The van der Waals surface area contributed by atoms with Crippen LogP contribution in [0.1, 0.15) is 25.0 Å². The van der Waals surface area contributed by atoms with Gasteiger partial charge >= 0.3 is 17.9 Å². The Bertz CT molecular complexity index is 685. The highest BCUT2D eigenvalue weighted by Crippen LogP contribution is 1.98. The molecule has 0 aromatic carbocycles. The second kappa shape index (κ2) is 18.9. The summed E-state index contributed by atoms with van der Waals surface area (Å²) in [6.45, 7) is 0.420. The maximum atomic E-state index is 10.3. The highest BCUT2D eigenvalue weighted by atomic mass is 32.2. The molecule has 0 saturated heterocycles. The number of carbonyl (C=O) groups is 3. The van der Waals surface area contributed by atoms with Gasteiger partial charge in [-0.2, -0.15) is 11.8 Å². The third-order valence-corrected chi connectivity index (χ3v) is 4.19. The van der Waals surface area contributed by atoms with E-state index in [1.807, 2.05) is 6.26 Å². The Hall–Kier alpha value is -2.88. The summed E-state index contributed by atoms with van der Waals surface area (Å²) in [6.07, 6.45) is 6.77. The van der Waals surface area contributed by atoms with Crippen molar-refractivity contribution < 1.29 is 29.7 Å². The van der Waals surface area contributed by atoms with Crippen molar-refractivity contribution in [3.63, 3.8) is 0 Å². The zero-order valence-electron chi connectivity index (χ0n) is 17.9. The first-order valence-corrected chi connectivity index (χ1v) is 10.8. The fraction of sp³-hybridized carbons (Fsp3) is 0.588. The number of nitrogens with one attached hydrogen (secondary N) is 1. The van der Waals surface area contributed by atoms with Crippen LogP contribution in [0.2, 0.25) is 0 Å². The Morgan fingerprint density at radius 2 is 1.56 bits per heavy atom. The van der Waals surface area contributed by atoms with Gasteiger partial charge in [0.05, 0.1) is 6.33 Å². The SMILES string of the molecule is CSCCC(N)C(=O)O.NC(Cc1cnc[nH]1)C(=O)O.NC(N)=NCCCC(N)C(=O)O. The number of carboxylic acids is 3. The van der Waals surface area contributed by atoms with E-state index in [1.165, 1.54) is 6.33 Å². The molecule has 3 atom stereocenters. The summed E-state index contributed by atoms with van der Waals surface area (Å²) < 4.78 is 0. The number of nitrogens with two attached hydrogens (primary N) is 5. The first-order chi connectivity index (χ1) is 14.9. The molecular weight excluding hydrogens is 444 g/mol. The zero-order chi connectivity index (χ0) is 25.1. The average molecular weight is 479 g/mol. The lowest BCUT2D eigenvalue weighted by molar-refractivity contribution is -0.139. The third kappa shape index (κ3) is 19.1. The Labute approximate surface area is 190 Å². The molecule has 14 N–H and O–H groups in total. The number of hydrogen-bond donors (Lipinski definition) is 9. The van der Waals surface area contributed by atoms with E-state index in [9.17, 15) is 14.4 Å². The van der Waals surface area contributed by atoms with Crippen molar-refractivity contribution in [3.8, 4) is 0 Å². The Kier molecular flexibility index (Phi) is 18.4. The molecule has 15 heteroatoms. The van der Waals surface area contributed by atoms with Crippen LogP contribution in [0.15, 0.2) is 17.5 Å². The van der Waals surface area contributed by atoms with Crippen LogP contribution in [0.5, 0.6) is 0 Å². The molecule has 0 aliphatic carbocycles. The lowest BCUT2D eigenvalue weighted by Gasteiger charge is -2.03. The number of aliphatic carboxylic acids is 3. The highest BCUT2D eigenvalue weighted by Gasteiger charge is 2.12. The summed E-state index contributed by atoms with van der Waals surface area (Å²) in [6, 6.07) is -2.35. The number of guanidine groups is 1. The van der Waals surface area contributed by atoms with Crippen LogP contribution in [0, 0.1) is 0 Å². The van der Waals surface area contributed by atoms with Crippen molar-refractivity contribution in [1.29, 1.82) is 0 Å². The van der Waals surface area contributed by atoms with Gasteiger partial charge in [-0.1, -0.05) is 0 Å². The molecule has 0 bridgehead atoms. The van der Waals surface area contributed by atoms with Crippen molar-refractivity contribution in [2.24, 2.45) is 33.7 Å². The van der Waals surface area contributed by atoms with Gasteiger partial charge in [0, 0.05) is 24.9 Å². The summed E-state index contributed by atoms with van der Waals surface area (Å²) in [5, 5.41) is 25.1. The number of rotatable bonds is 12. The number of H-pyrrole nitrogens is 1. The van der Waals surface area contributed by atoms with E-state index in [0.717, 1.165) is 11.4 Å². The molecule has 0 saturated carbocycles. The number of imidazole rings is 1. The standard InChI is InChI=1S/C6H14N4O2.C6H9N3O2.C5H11NO2S/c7-4(5(11)12)2-1-3-10-6(8)9;7-5(6(10)11)1-4-2-8-3-9-4;1-9-3-2-4(6)5(7)8/h4H,1-3,7H2,(H,11,12)(H4,8,9,10);2-3,5H,1,7H2,(H,8,9)(H,10,11);4H,2-3,6H2,1H3,(H,7,8). The Morgan fingerprint density at radius 1 is 1.03 bits per heavy atom. The van der Waals surface area contributed by atoms with Gasteiger partial charge in [0.1, 0.15) is 18.1 Å². The normalized spacial score (nSPS) is 12.6. The van der Waals surface area contributed by atoms with Crippen molar-refractivity contribution in [2.75, 3.05) is 18.6 Å². The molecule has 0 spiro atoms. The van der Waals surface area contributed by atoms with Gasteiger partial charge in [-0.3, -0.25) is 19.4 Å². The predicted octanol–water partition coefficient (Wildman–Crippen LogP) is -2.03. The summed E-state index contributed by atoms with van der Waals surface area (Å²) in [7, 11) is 0. The van der Waals surface area contributed by atoms with Gasteiger partial charge in [-0.15, -0.1) is 0 Å². The first-order valence-electron chi connectivity index (χ1n) is 9.39. The Balaban J connectivity index is 0. The van der Waals surface area contributed by atoms with Gasteiger partial charge in [-0.05, 0) is 31.3 Å². The molecule has 0 fully saturated rings. The molecular formula is C17H34N8O6S. The maximum absolute atomic E-state index is 10.3. The molecule has 32 heavy (non-hydrogen) atoms. The number of thioether (sulfide) groups is 1. The maximum Gasteiger partial charge on any atom is 0.320 e. The second-order valence-electron chi connectivity index (χ2n) is 6.35. The van der Waals surface area contributed by atoms with Crippen LogP contribution in [-0.2, 0) is 20.8 Å². The van der Waals surface area contributed by atoms with Gasteiger partial charge in [0.15, 0.2) is 5.96 Å². The van der Waals surface area contributed by atoms with Crippen LogP contribution in [0.4, 0.5) is 0 Å². The van der Waals surface area contributed by atoms with Crippen LogP contribution in [0.25, 0.3) is 0 Å². The number of hydrogen-bond acceptors (Lipinski definition) is 9. The monoisotopic (exact) mass is 478 g/mol. The third-order valence-electron chi connectivity index (χ3n) is 3.55. The number of aromatic amines is 1. The van der Waals surface area contributed by atoms with E-state index in [4.69, 9.17) is 44.0 Å². The summed E-state index contributed by atoms with van der Waals surface area (Å²) >= 11 is 1.60. The second-order valence-corrected chi connectivity index (χ2v) is 7.33. The fourth-order valence-electron chi connectivity index (χ4n) is 1.73. The summed E-state index contributed by atoms with van der Waals surface area (Å²) in [5.74, 6) is -2.09. The summed E-state index contributed by atoms with van der Waals surface area (Å²) in [5.41, 5.74) is 26.5. The molecule has 0 amide bonds. The minimum Gasteiger partial charge on any atom is -0.480 e. The van der Waals surface area contributed by atoms with Gasteiger partial charge < -0.3 is 49.0 Å². The van der Waals surface area contributed by atoms with Gasteiger partial charge in [0.25, 0.3) is 0 Å². The van der Waals surface area contributed by atoms with Crippen LogP contribution in [-0.4, -0.2) is 85.8 Å². The minimum absolute atomic E-state index is 0.0129. The van der Waals surface area contributed by atoms with Crippen molar-refractivity contribution >= 4 is 35.6 Å². The molecule has 1 rings (SSSR count). The van der Waals surface area contributed by atoms with Crippen LogP contribution in [0.3, 0.4) is 0 Å². The van der Waals surface area contributed by atoms with E-state index in [1.54, 1.807) is 18.0 Å². The lowest BCUT2D eigenvalue weighted by Crippen LogP contribution is -2.32. The molecule has 0 aliphatic heterocycles. The van der Waals surface area contributed by atoms with Crippen molar-refractivity contribution in [2.45, 2.75) is 43.8 Å². The molecule has 184 valence electrons. The van der Waals surface area contributed by atoms with E-state index in [2.05, 4.69) is 15.0 Å². The molecule has 0 radical (unpaired) electrons. The molecule has 1 aromatic rings. The molecule has 1 heterocycles. The number of aromatic nitrogens is 2. The first kappa shape index (κ1) is 31.3. The largest absolute Gasteiger partial charge is 0.480 e.